The Morgan fingerprint density at radius 1 is 1.00 bits per heavy atom. The molecule has 2 atom stereocenters. The molecule has 28 heavy (non-hydrogen) atoms. The fourth-order valence-electron chi connectivity index (χ4n) is 5.05. The van der Waals surface area contributed by atoms with Crippen molar-refractivity contribution in [2.45, 2.75) is 31.9 Å². The molecule has 4 rings (SSSR count). The van der Waals surface area contributed by atoms with Crippen LogP contribution < -0.4 is 4.90 Å². The third-order valence-corrected chi connectivity index (χ3v) is 6.64. The Labute approximate surface area is 169 Å². The van der Waals surface area contributed by atoms with Gasteiger partial charge in [0.2, 0.25) is 0 Å². The van der Waals surface area contributed by atoms with Crippen LogP contribution in [-0.4, -0.2) is 61.3 Å². The number of benzene rings is 2. The van der Waals surface area contributed by atoms with Crippen molar-refractivity contribution in [3.63, 3.8) is 0 Å². The van der Waals surface area contributed by atoms with E-state index in [2.05, 4.69) is 77.3 Å². The molecule has 0 amide bonds. The van der Waals surface area contributed by atoms with Crippen molar-refractivity contribution in [3.8, 4) is 0 Å². The van der Waals surface area contributed by atoms with Gasteiger partial charge in [-0.3, -0.25) is 4.90 Å². The first-order chi connectivity index (χ1) is 13.6. The average Bonchev–Trinajstić information content (AvgIpc) is 2.72. The molecule has 2 aromatic rings. The fourth-order valence-corrected chi connectivity index (χ4v) is 5.05. The smallest absolute Gasteiger partial charge is 0.0633 e. The van der Waals surface area contributed by atoms with E-state index in [9.17, 15) is 5.11 Å². The summed E-state index contributed by atoms with van der Waals surface area (Å²) in [6.45, 7) is 5.13. The van der Waals surface area contributed by atoms with Gasteiger partial charge < -0.3 is 14.9 Å². The second-order valence-corrected chi connectivity index (χ2v) is 8.78. The average molecular weight is 380 g/mol. The number of likely N-dealkylation sites (tertiary alicyclic amines) is 2. The first kappa shape index (κ1) is 19.4. The summed E-state index contributed by atoms with van der Waals surface area (Å²) in [5.41, 5.74) is 3.80. The molecule has 0 radical (unpaired) electrons. The van der Waals surface area contributed by atoms with Gasteiger partial charge in [0.1, 0.15) is 0 Å². The number of hydrogen-bond donors (Lipinski definition) is 1. The van der Waals surface area contributed by atoms with Crippen molar-refractivity contribution in [3.05, 3.63) is 60.2 Å². The summed E-state index contributed by atoms with van der Waals surface area (Å²) >= 11 is 0. The van der Waals surface area contributed by atoms with Crippen LogP contribution in [0.4, 0.5) is 11.4 Å². The van der Waals surface area contributed by atoms with Gasteiger partial charge in [-0.05, 0) is 62.7 Å². The van der Waals surface area contributed by atoms with Crippen LogP contribution in [0.2, 0.25) is 0 Å². The summed E-state index contributed by atoms with van der Waals surface area (Å²) in [5, 5.41) is 10.7. The molecule has 1 spiro atoms. The molecular weight excluding hydrogens is 346 g/mol. The normalized spacial score (nSPS) is 26.5. The number of piperidine rings is 2. The van der Waals surface area contributed by atoms with E-state index in [1.807, 2.05) is 6.07 Å². The van der Waals surface area contributed by atoms with Crippen molar-refractivity contribution >= 4 is 11.4 Å². The Morgan fingerprint density at radius 3 is 2.46 bits per heavy atom. The molecule has 0 saturated carbocycles. The third-order valence-electron chi connectivity index (χ3n) is 6.64. The minimum Gasteiger partial charge on any atom is -0.392 e. The number of anilines is 2. The quantitative estimate of drug-likeness (QED) is 0.877. The van der Waals surface area contributed by atoms with Crippen LogP contribution in [0.25, 0.3) is 0 Å². The number of para-hydroxylation sites is 1. The van der Waals surface area contributed by atoms with Gasteiger partial charge in [0.05, 0.1) is 6.10 Å². The Morgan fingerprint density at radius 2 is 1.71 bits per heavy atom. The van der Waals surface area contributed by atoms with Crippen LogP contribution in [-0.2, 0) is 6.54 Å². The standard InChI is InChI=1S/C24H33N3O/c1-25-16-13-23(28)24(18-25)14-6-15-27(19-24)17-20-9-11-22(12-10-20)26(2)21-7-4-3-5-8-21/h3-5,7-12,23,28H,6,13-19H2,1-2H3/t23-,24-/m0/s1. The predicted molar refractivity (Wildman–Crippen MR) is 116 cm³/mol. The van der Waals surface area contributed by atoms with E-state index in [1.165, 1.54) is 23.4 Å². The molecule has 1 N–H and O–H groups in total. The van der Waals surface area contributed by atoms with Gasteiger partial charge >= 0.3 is 0 Å². The van der Waals surface area contributed by atoms with Crippen molar-refractivity contribution in [1.82, 2.24) is 9.80 Å². The third kappa shape index (κ3) is 4.09. The highest BCUT2D eigenvalue weighted by atomic mass is 16.3. The predicted octanol–water partition coefficient (Wildman–Crippen LogP) is 3.73. The zero-order valence-corrected chi connectivity index (χ0v) is 17.2. The molecule has 4 nitrogen and oxygen atoms in total. The molecule has 2 saturated heterocycles. The lowest BCUT2D eigenvalue weighted by Crippen LogP contribution is -2.58. The largest absolute Gasteiger partial charge is 0.392 e. The van der Waals surface area contributed by atoms with Crippen LogP contribution >= 0.6 is 0 Å². The van der Waals surface area contributed by atoms with Gasteiger partial charge in [0.25, 0.3) is 0 Å². The van der Waals surface area contributed by atoms with E-state index < -0.39 is 0 Å². The van der Waals surface area contributed by atoms with Gasteiger partial charge in [-0.25, -0.2) is 0 Å². The Balaban J connectivity index is 1.41. The first-order valence-corrected chi connectivity index (χ1v) is 10.5. The van der Waals surface area contributed by atoms with E-state index in [0.29, 0.717) is 0 Å². The Hall–Kier alpha value is -1.88. The number of rotatable bonds is 4. The Bertz CT molecular complexity index is 763. The van der Waals surface area contributed by atoms with Gasteiger partial charge in [-0.15, -0.1) is 0 Å². The van der Waals surface area contributed by atoms with Crippen LogP contribution in [0.3, 0.4) is 0 Å². The minimum atomic E-state index is -0.159. The highest BCUT2D eigenvalue weighted by Crippen LogP contribution is 2.38. The van der Waals surface area contributed by atoms with Crippen molar-refractivity contribution in [2.75, 3.05) is 45.2 Å². The highest BCUT2D eigenvalue weighted by Gasteiger charge is 2.44. The molecular formula is C24H33N3O. The van der Waals surface area contributed by atoms with E-state index >= 15 is 0 Å². The maximum absolute atomic E-state index is 10.7. The highest BCUT2D eigenvalue weighted by molar-refractivity contribution is 5.62. The summed E-state index contributed by atoms with van der Waals surface area (Å²) in [6, 6.07) is 19.4. The summed E-state index contributed by atoms with van der Waals surface area (Å²) < 4.78 is 0. The fraction of sp³-hybridized carbons (Fsp3) is 0.500. The molecule has 2 aromatic carbocycles. The van der Waals surface area contributed by atoms with Gasteiger partial charge in [-0.1, -0.05) is 30.3 Å². The van der Waals surface area contributed by atoms with Crippen molar-refractivity contribution < 1.29 is 5.11 Å². The van der Waals surface area contributed by atoms with Crippen LogP contribution in [0.5, 0.6) is 0 Å². The maximum atomic E-state index is 10.7. The van der Waals surface area contributed by atoms with Crippen LogP contribution in [0.1, 0.15) is 24.8 Å². The molecule has 0 unspecified atom stereocenters. The Kier molecular flexibility index (Phi) is 5.72. The van der Waals surface area contributed by atoms with Crippen LogP contribution in [0, 0.1) is 5.41 Å². The molecule has 150 valence electrons. The van der Waals surface area contributed by atoms with Crippen molar-refractivity contribution in [1.29, 1.82) is 0 Å². The molecule has 0 bridgehead atoms. The minimum absolute atomic E-state index is 0.0543. The summed E-state index contributed by atoms with van der Waals surface area (Å²) in [7, 11) is 4.30. The monoisotopic (exact) mass is 379 g/mol. The number of aliphatic hydroxyl groups excluding tert-OH is 1. The lowest BCUT2D eigenvalue weighted by atomic mass is 9.71. The molecule has 0 aromatic heterocycles. The van der Waals surface area contributed by atoms with E-state index in [-0.39, 0.29) is 11.5 Å². The van der Waals surface area contributed by atoms with Gasteiger partial charge in [0.15, 0.2) is 0 Å². The van der Waals surface area contributed by atoms with E-state index in [4.69, 9.17) is 0 Å². The van der Waals surface area contributed by atoms with E-state index in [1.54, 1.807) is 0 Å². The zero-order valence-electron chi connectivity index (χ0n) is 17.2. The lowest BCUT2D eigenvalue weighted by Gasteiger charge is -2.50. The topological polar surface area (TPSA) is 30.0 Å². The zero-order chi connectivity index (χ0) is 19.6. The van der Waals surface area contributed by atoms with E-state index in [0.717, 1.165) is 45.6 Å². The molecule has 2 aliphatic rings. The van der Waals surface area contributed by atoms with Crippen LogP contribution in [0.15, 0.2) is 54.6 Å². The molecule has 0 aliphatic carbocycles. The van der Waals surface area contributed by atoms with Crippen molar-refractivity contribution in [2.24, 2.45) is 5.41 Å². The molecule has 2 aliphatic heterocycles. The number of hydrogen-bond acceptors (Lipinski definition) is 4. The van der Waals surface area contributed by atoms with Gasteiger partial charge in [0, 0.05) is 50.0 Å². The maximum Gasteiger partial charge on any atom is 0.0633 e. The summed E-state index contributed by atoms with van der Waals surface area (Å²) in [5.74, 6) is 0. The SMILES string of the molecule is CN1CC[C@H](O)[C@@]2(CCCN(Cc3ccc(N(C)c4ccccc4)cc3)C2)C1. The summed E-state index contributed by atoms with van der Waals surface area (Å²) in [6.07, 6.45) is 3.08. The van der Waals surface area contributed by atoms with Gasteiger partial charge in [-0.2, -0.15) is 0 Å². The second-order valence-electron chi connectivity index (χ2n) is 8.78. The molecule has 2 fully saturated rings. The molecule has 2 heterocycles. The summed E-state index contributed by atoms with van der Waals surface area (Å²) in [4.78, 5) is 7.15. The molecule has 4 heteroatoms. The lowest BCUT2D eigenvalue weighted by molar-refractivity contribution is -0.0807. The first-order valence-electron chi connectivity index (χ1n) is 10.5. The number of aliphatic hydroxyl groups is 1. The second kappa shape index (κ2) is 8.24. The number of nitrogens with zero attached hydrogens (tertiary/aromatic N) is 3.